The standard InChI is InChI=1S/C34H43ClFN7O5/c1-22-15-32(48-14-13-47-12-11-46-10-9-45-8-7-44-2)39-19-27(22)23-16-31-33(41-26-5-4-25(37)18-26)28(20-40-43(31)21-23)34(38)42-30-17-24(36)3-6-29(30)35/h3,6,15-17,19-21,25-26,41H,4-5,7-14,18,37H2,1-2H3,(H2,38,42)/t25-,26+/m1/s1. The third kappa shape index (κ3) is 9.62. The van der Waals surface area contributed by atoms with Gasteiger partial charge in [0.05, 0.1) is 79.9 Å². The number of hydrogen-bond donors (Lipinski definition) is 3. The highest BCUT2D eigenvalue weighted by atomic mass is 35.5. The van der Waals surface area contributed by atoms with Crippen LogP contribution in [0.25, 0.3) is 16.6 Å². The lowest BCUT2D eigenvalue weighted by atomic mass is 10.1. The predicted octanol–water partition coefficient (Wildman–Crippen LogP) is 4.90. The molecule has 5 N–H and O–H groups in total. The Hall–Kier alpha value is -3.85. The molecule has 0 saturated heterocycles. The molecular weight excluding hydrogens is 641 g/mol. The lowest BCUT2D eigenvalue weighted by Crippen LogP contribution is -2.24. The number of nitrogens with zero attached hydrogens (tertiary/aromatic N) is 4. The molecule has 3 heterocycles. The molecule has 0 radical (unpaired) electrons. The number of aromatic nitrogens is 3. The Morgan fingerprint density at radius 2 is 1.75 bits per heavy atom. The van der Waals surface area contributed by atoms with Crippen LogP contribution in [0.15, 0.2) is 53.9 Å². The average molecular weight is 684 g/mol. The summed E-state index contributed by atoms with van der Waals surface area (Å²) in [5.74, 6) is 0.206. The van der Waals surface area contributed by atoms with Gasteiger partial charge in [-0.05, 0) is 49.9 Å². The third-order valence-corrected chi connectivity index (χ3v) is 8.25. The molecule has 1 fully saturated rings. The van der Waals surface area contributed by atoms with Crippen LogP contribution >= 0.6 is 11.6 Å². The number of hydrogen-bond acceptors (Lipinski definition) is 10. The summed E-state index contributed by atoms with van der Waals surface area (Å²) in [6.45, 7) is 5.88. The molecule has 0 aliphatic heterocycles. The zero-order chi connectivity index (χ0) is 33.9. The normalized spacial score (nSPS) is 16.6. The summed E-state index contributed by atoms with van der Waals surface area (Å²) in [6.07, 6.45) is 8.04. The number of ether oxygens (including phenoxy) is 5. The van der Waals surface area contributed by atoms with E-state index in [2.05, 4.69) is 20.4 Å². The Labute approximate surface area is 284 Å². The first-order valence-electron chi connectivity index (χ1n) is 16.0. The van der Waals surface area contributed by atoms with E-state index in [0.717, 1.165) is 47.2 Å². The van der Waals surface area contributed by atoms with Crippen LogP contribution in [0.2, 0.25) is 5.02 Å². The Balaban J connectivity index is 1.26. The van der Waals surface area contributed by atoms with Gasteiger partial charge in [-0.2, -0.15) is 5.10 Å². The van der Waals surface area contributed by atoms with Crippen molar-refractivity contribution in [2.45, 2.75) is 38.3 Å². The summed E-state index contributed by atoms with van der Waals surface area (Å²) in [6, 6.07) is 8.17. The smallest absolute Gasteiger partial charge is 0.213 e. The van der Waals surface area contributed by atoms with E-state index < -0.39 is 5.82 Å². The quantitative estimate of drug-likeness (QED) is 0.0750. The molecule has 1 aliphatic rings. The van der Waals surface area contributed by atoms with Crippen molar-refractivity contribution in [3.63, 3.8) is 0 Å². The van der Waals surface area contributed by atoms with Crippen LogP contribution in [-0.4, -0.2) is 92.5 Å². The molecule has 0 spiro atoms. The maximum absolute atomic E-state index is 14.0. The Morgan fingerprint density at radius 1 is 1.02 bits per heavy atom. The fourth-order valence-corrected chi connectivity index (χ4v) is 5.62. The van der Waals surface area contributed by atoms with Crippen molar-refractivity contribution < 1.29 is 28.1 Å². The highest BCUT2D eigenvalue weighted by molar-refractivity contribution is 6.33. The average Bonchev–Trinajstić information content (AvgIpc) is 3.69. The fourth-order valence-electron chi connectivity index (χ4n) is 5.46. The van der Waals surface area contributed by atoms with Crippen LogP contribution in [-0.2, 0) is 18.9 Å². The maximum Gasteiger partial charge on any atom is 0.213 e. The van der Waals surface area contributed by atoms with Crippen molar-refractivity contribution in [2.24, 2.45) is 16.5 Å². The topological polar surface area (TPSA) is 153 Å². The van der Waals surface area contributed by atoms with Gasteiger partial charge in [0.2, 0.25) is 5.88 Å². The van der Waals surface area contributed by atoms with Crippen LogP contribution in [0.3, 0.4) is 0 Å². The van der Waals surface area contributed by atoms with Crippen molar-refractivity contribution in [1.29, 1.82) is 0 Å². The Kier molecular flexibility index (Phi) is 12.9. The molecule has 4 aromatic rings. The van der Waals surface area contributed by atoms with Crippen LogP contribution in [0.1, 0.15) is 30.4 Å². The lowest BCUT2D eigenvalue weighted by molar-refractivity contribution is 0.00000309. The number of rotatable bonds is 18. The van der Waals surface area contributed by atoms with Crippen LogP contribution in [0.4, 0.5) is 15.8 Å². The molecule has 48 heavy (non-hydrogen) atoms. The van der Waals surface area contributed by atoms with Crippen molar-refractivity contribution in [1.82, 2.24) is 14.6 Å². The van der Waals surface area contributed by atoms with E-state index >= 15 is 0 Å². The molecule has 14 heteroatoms. The van der Waals surface area contributed by atoms with E-state index in [4.69, 9.17) is 46.8 Å². The van der Waals surface area contributed by atoms with Crippen molar-refractivity contribution in [2.75, 3.05) is 65.3 Å². The molecule has 5 rings (SSSR count). The monoisotopic (exact) mass is 683 g/mol. The second-order valence-electron chi connectivity index (χ2n) is 11.5. The summed E-state index contributed by atoms with van der Waals surface area (Å²) >= 11 is 6.28. The molecule has 0 unspecified atom stereocenters. The summed E-state index contributed by atoms with van der Waals surface area (Å²) in [5.41, 5.74) is 17.9. The van der Waals surface area contributed by atoms with Gasteiger partial charge in [-0.25, -0.2) is 18.9 Å². The van der Waals surface area contributed by atoms with Gasteiger partial charge in [0.15, 0.2) is 0 Å². The van der Waals surface area contributed by atoms with Crippen molar-refractivity contribution in [3.05, 3.63) is 70.9 Å². The van der Waals surface area contributed by atoms with E-state index in [1.54, 1.807) is 24.0 Å². The molecule has 1 aliphatic carbocycles. The van der Waals surface area contributed by atoms with E-state index in [1.807, 2.05) is 25.3 Å². The number of aliphatic imine (C=N–C) groups is 1. The second-order valence-corrected chi connectivity index (χ2v) is 11.9. The van der Waals surface area contributed by atoms with Gasteiger partial charge in [-0.15, -0.1) is 0 Å². The highest BCUT2D eigenvalue weighted by Crippen LogP contribution is 2.34. The number of aryl methyl sites for hydroxylation is 1. The van der Waals surface area contributed by atoms with Crippen molar-refractivity contribution in [3.8, 4) is 17.0 Å². The summed E-state index contributed by atoms with van der Waals surface area (Å²) in [7, 11) is 1.64. The molecule has 1 saturated carbocycles. The number of pyridine rings is 1. The maximum atomic E-state index is 14.0. The van der Waals surface area contributed by atoms with Gasteiger partial charge in [0, 0.05) is 54.8 Å². The first-order chi connectivity index (χ1) is 23.3. The SMILES string of the molecule is COCCOCCOCCOCCOc1cc(C)c(-c2cc3c(N[C@H]4CC[C@@H](N)C4)c(C(N)=Nc4cc(F)ccc4Cl)cnn3c2)cn1. The number of nitrogens with two attached hydrogens (primary N) is 2. The predicted molar refractivity (Wildman–Crippen MR) is 184 cm³/mol. The number of nitrogens with one attached hydrogen (secondary N) is 1. The summed E-state index contributed by atoms with van der Waals surface area (Å²) in [5, 5.41) is 8.57. The highest BCUT2D eigenvalue weighted by Gasteiger charge is 2.25. The van der Waals surface area contributed by atoms with Crippen LogP contribution in [0.5, 0.6) is 5.88 Å². The third-order valence-electron chi connectivity index (χ3n) is 7.93. The second kappa shape index (κ2) is 17.5. The summed E-state index contributed by atoms with van der Waals surface area (Å²) in [4.78, 5) is 8.99. The zero-order valence-electron chi connectivity index (χ0n) is 27.3. The molecule has 258 valence electrons. The van der Waals surface area contributed by atoms with E-state index in [9.17, 15) is 4.39 Å². The van der Waals surface area contributed by atoms with E-state index in [-0.39, 0.29) is 23.6 Å². The van der Waals surface area contributed by atoms with Crippen LogP contribution < -0.4 is 21.5 Å². The molecule has 3 aromatic heterocycles. The minimum atomic E-state index is -0.458. The number of amidine groups is 1. The van der Waals surface area contributed by atoms with Gasteiger partial charge >= 0.3 is 0 Å². The zero-order valence-corrected chi connectivity index (χ0v) is 28.0. The first kappa shape index (κ1) is 35.5. The largest absolute Gasteiger partial charge is 0.475 e. The summed E-state index contributed by atoms with van der Waals surface area (Å²) < 4.78 is 42.9. The lowest BCUT2D eigenvalue weighted by Gasteiger charge is -2.18. The molecule has 0 amide bonds. The number of anilines is 1. The molecule has 1 aromatic carbocycles. The first-order valence-corrected chi connectivity index (χ1v) is 16.3. The molecular formula is C34H43ClFN7O5. The molecule has 0 bridgehead atoms. The van der Waals surface area contributed by atoms with Gasteiger partial charge in [0.25, 0.3) is 0 Å². The Bertz CT molecular complexity index is 1690. The van der Waals surface area contributed by atoms with Gasteiger partial charge in [0.1, 0.15) is 18.3 Å². The van der Waals surface area contributed by atoms with Crippen LogP contribution in [0, 0.1) is 12.7 Å². The van der Waals surface area contributed by atoms with E-state index in [1.165, 1.54) is 18.2 Å². The molecule has 12 nitrogen and oxygen atoms in total. The minimum Gasteiger partial charge on any atom is -0.475 e. The molecule has 2 atom stereocenters. The van der Waals surface area contributed by atoms with Gasteiger partial charge < -0.3 is 40.5 Å². The number of fused-ring (bicyclic) bond motifs is 1. The minimum absolute atomic E-state index is 0.125. The number of methoxy groups -OCH3 is 1. The van der Waals surface area contributed by atoms with Crippen molar-refractivity contribution >= 4 is 34.3 Å². The van der Waals surface area contributed by atoms with Gasteiger partial charge in [-0.3, -0.25) is 0 Å². The fraction of sp³-hybridized carbons (Fsp3) is 0.441. The van der Waals surface area contributed by atoms with E-state index in [0.29, 0.717) is 69.3 Å². The Morgan fingerprint density at radius 3 is 2.44 bits per heavy atom. The van der Waals surface area contributed by atoms with Gasteiger partial charge in [-0.1, -0.05) is 11.6 Å². The number of benzene rings is 1. The number of halogens is 2.